The Hall–Kier alpha value is -3.80. The minimum Gasteiger partial charge on any atom is -0.460 e. The van der Waals surface area contributed by atoms with Gasteiger partial charge < -0.3 is 73.5 Å². The number of aliphatic hydroxyl groups is 3. The first kappa shape index (κ1) is 68.7. The summed E-state index contributed by atoms with van der Waals surface area (Å²) in [5.41, 5.74) is 1.13. The molecule has 454 valence electrons. The van der Waals surface area contributed by atoms with Crippen LogP contribution in [0.1, 0.15) is 132 Å². The summed E-state index contributed by atoms with van der Waals surface area (Å²) in [5.74, 6) is -9.36. The summed E-state index contributed by atoms with van der Waals surface area (Å²) in [6, 6.07) is -1.27. The van der Waals surface area contributed by atoms with Crippen LogP contribution in [0.15, 0.2) is 47.6 Å². The number of esters is 1. The fourth-order valence-corrected chi connectivity index (χ4v) is 13.4. The SMILES string of the molecule is CO[C@H]1C[C@@H]2CC[C@@H](C)[C@@](O)(O2)C(=O)C(=O)N2CCCCC2C(=O)O[C@H]([C@H](C)C[C@@H]2CC[C@@H](OC(=O)NCCC(O)(P(=O)(O)O)P(=O)(O)O)[C@H](OC)C2)CC(=O)[C@H](C)/C=C(\C)[C@@H](O)[C@@H](OC)C(=O)[C@H](C)C[C@H](C)/C=C/C=CC=C1C. The number of piperidine rings is 1. The first-order chi connectivity index (χ1) is 37.3. The van der Waals surface area contributed by atoms with Gasteiger partial charge in [0.25, 0.3) is 16.8 Å². The lowest BCUT2D eigenvalue weighted by Crippen LogP contribution is -2.61. The Morgan fingerprint density at radius 3 is 2.16 bits per heavy atom. The Balaban J connectivity index is 1.64. The molecule has 8 N–H and O–H groups in total. The van der Waals surface area contributed by atoms with Gasteiger partial charge in [0.1, 0.15) is 36.2 Å². The molecule has 2 bridgehead atoms. The molecule has 1 saturated carbocycles. The number of cyclic esters (lactones) is 1. The van der Waals surface area contributed by atoms with Crippen molar-refractivity contribution in [2.45, 2.75) is 192 Å². The monoisotopic (exact) mass is 1170 g/mol. The van der Waals surface area contributed by atoms with Crippen LogP contribution in [0.5, 0.6) is 0 Å². The van der Waals surface area contributed by atoms with Crippen LogP contribution in [-0.4, -0.2) is 169 Å². The van der Waals surface area contributed by atoms with Gasteiger partial charge in [-0.15, -0.1) is 0 Å². The second-order valence-electron chi connectivity index (χ2n) is 22.5. The van der Waals surface area contributed by atoms with Crippen LogP contribution in [0.2, 0.25) is 0 Å². The zero-order valence-electron chi connectivity index (χ0n) is 47.8. The molecule has 3 aliphatic heterocycles. The fraction of sp³-hybridized carbons (Fsp3) is 0.745. The smallest absolute Gasteiger partial charge is 0.407 e. The molecular formula is C55H88N2O21P2. The standard InChI is InChI=1S/C55H88N2O21P2/c1-32-16-12-11-13-17-33(2)44(73-8)30-40-21-19-38(7)55(66,78-40)50(61)51(62)57-25-15-14-18-41(57)52(63)76-45(31-42(58)34(3)27-37(6)48(60)49(75-10)47(59)36(5)26-32)35(4)28-39-20-22-43(46(29-39)74-9)77-53(64)56-24-23-54(65,79(67,68)69)80(70,71)72/h11-13,16-17,27,32,34-36,38-41,43-46,48-49,60,65-66H,14-15,18-26,28-31H2,1-10H3,(H,56,64)(H2,67,68,69)(H2,70,71,72)/b13-11?,16-12+,33-17?,37-27+/t32-,34-,35-,36-,38-,39+,40+,41?,43-,44+,45+,46-,48-,49+,55-/m1/s1. The number of hydrogen-bond acceptors (Lipinski definition) is 17. The number of aliphatic hydroxyl groups excluding tert-OH is 1. The minimum atomic E-state index is -5.77. The van der Waals surface area contributed by atoms with Crippen molar-refractivity contribution in [1.82, 2.24) is 10.2 Å². The second kappa shape index (κ2) is 30.1. The average Bonchev–Trinajstić information content (AvgIpc) is 3.42. The molecule has 4 rings (SSSR count). The number of carbonyl (C=O) groups excluding carboxylic acids is 6. The highest BCUT2D eigenvalue weighted by molar-refractivity contribution is 7.72. The maximum Gasteiger partial charge on any atom is 0.407 e. The van der Waals surface area contributed by atoms with E-state index in [4.69, 9.17) is 28.4 Å². The number of rotatable bonds is 12. The highest BCUT2D eigenvalue weighted by Crippen LogP contribution is 2.68. The quantitative estimate of drug-likeness (QED) is 0.0531. The molecule has 0 spiro atoms. The van der Waals surface area contributed by atoms with Crippen LogP contribution in [0.25, 0.3) is 0 Å². The molecule has 3 fully saturated rings. The van der Waals surface area contributed by atoms with Crippen molar-refractivity contribution in [3.63, 3.8) is 0 Å². The van der Waals surface area contributed by atoms with Crippen molar-refractivity contribution >= 4 is 50.5 Å². The van der Waals surface area contributed by atoms with Gasteiger partial charge in [0, 0.05) is 71.4 Å². The van der Waals surface area contributed by atoms with Crippen molar-refractivity contribution in [3.8, 4) is 0 Å². The van der Waals surface area contributed by atoms with Gasteiger partial charge in [-0.25, -0.2) is 9.59 Å². The van der Waals surface area contributed by atoms with Gasteiger partial charge in [-0.3, -0.25) is 28.3 Å². The van der Waals surface area contributed by atoms with E-state index in [0.29, 0.717) is 56.9 Å². The number of hydrogen-bond donors (Lipinski definition) is 8. The van der Waals surface area contributed by atoms with Gasteiger partial charge in [0.15, 0.2) is 5.78 Å². The summed E-state index contributed by atoms with van der Waals surface area (Å²) in [4.78, 5) is 123. The van der Waals surface area contributed by atoms with Crippen molar-refractivity contribution in [2.24, 2.45) is 35.5 Å². The molecular weight excluding hydrogens is 1090 g/mol. The number of allylic oxidation sites excluding steroid dienone is 6. The van der Waals surface area contributed by atoms with E-state index in [9.17, 15) is 72.8 Å². The molecule has 3 heterocycles. The summed E-state index contributed by atoms with van der Waals surface area (Å²) in [6.07, 6.45) is 5.64. The van der Waals surface area contributed by atoms with Crippen molar-refractivity contribution in [2.75, 3.05) is 34.4 Å². The van der Waals surface area contributed by atoms with E-state index in [2.05, 4.69) is 5.32 Å². The molecule has 0 aromatic heterocycles. The summed E-state index contributed by atoms with van der Waals surface area (Å²) >= 11 is 0. The summed E-state index contributed by atoms with van der Waals surface area (Å²) < 4.78 is 58.6. The van der Waals surface area contributed by atoms with Gasteiger partial charge in [0.05, 0.1) is 18.3 Å². The molecule has 80 heavy (non-hydrogen) atoms. The number of alkyl carbamates (subject to hydrolysis) is 1. The third kappa shape index (κ3) is 17.9. The molecule has 0 aromatic rings. The number of carbonyl (C=O) groups is 6. The number of methoxy groups -OCH3 is 3. The molecule has 4 aliphatic rings. The van der Waals surface area contributed by atoms with Crippen molar-refractivity contribution in [3.05, 3.63) is 47.6 Å². The molecule has 2 amide bonds. The predicted octanol–water partition coefficient (Wildman–Crippen LogP) is 5.31. The maximum atomic E-state index is 14.6. The van der Waals surface area contributed by atoms with E-state index in [1.54, 1.807) is 34.6 Å². The van der Waals surface area contributed by atoms with E-state index in [1.807, 2.05) is 44.2 Å². The van der Waals surface area contributed by atoms with Gasteiger partial charge in [-0.2, -0.15) is 0 Å². The normalized spacial score (nSPS) is 34.5. The molecule has 25 heteroatoms. The molecule has 0 aromatic carbocycles. The Kier molecular flexibility index (Phi) is 25.9. The van der Waals surface area contributed by atoms with Gasteiger partial charge >= 0.3 is 27.3 Å². The number of fused-ring (bicyclic) bond motifs is 3. The molecule has 2 saturated heterocycles. The number of amides is 2. The number of Topliss-reactive ketones (excluding diaryl/α,β-unsaturated/α-hetero) is 3. The Labute approximate surface area is 469 Å². The highest BCUT2D eigenvalue weighted by atomic mass is 31.2. The number of ether oxygens (including phenoxy) is 6. The Morgan fingerprint density at radius 1 is 0.863 bits per heavy atom. The molecule has 0 radical (unpaired) electrons. The lowest BCUT2D eigenvalue weighted by Gasteiger charge is -2.42. The third-order valence-corrected chi connectivity index (χ3v) is 20.3. The summed E-state index contributed by atoms with van der Waals surface area (Å²) in [5, 5.41) is 32.1. The summed E-state index contributed by atoms with van der Waals surface area (Å²) in [6.45, 7) is 11.4. The van der Waals surface area contributed by atoms with E-state index in [1.165, 1.54) is 27.4 Å². The van der Waals surface area contributed by atoms with Crippen LogP contribution in [0, 0.1) is 35.5 Å². The zero-order chi connectivity index (χ0) is 60.1. The van der Waals surface area contributed by atoms with Gasteiger partial charge in [-0.1, -0.05) is 71.1 Å². The minimum absolute atomic E-state index is 0.00727. The van der Waals surface area contributed by atoms with Crippen molar-refractivity contribution in [1.29, 1.82) is 0 Å². The topological polar surface area (TPSA) is 349 Å². The average molecular weight is 1180 g/mol. The van der Waals surface area contributed by atoms with Gasteiger partial charge in [-0.05, 0) is 107 Å². The second-order valence-corrected chi connectivity index (χ2v) is 26.5. The van der Waals surface area contributed by atoms with Crippen LogP contribution < -0.4 is 5.32 Å². The molecule has 23 nitrogen and oxygen atoms in total. The highest BCUT2D eigenvalue weighted by Gasteiger charge is 2.59. The third-order valence-electron chi connectivity index (χ3n) is 16.4. The fourth-order valence-electron chi connectivity index (χ4n) is 11.2. The van der Waals surface area contributed by atoms with Crippen LogP contribution in [0.3, 0.4) is 0 Å². The Bertz CT molecular complexity index is 2360. The maximum absolute atomic E-state index is 14.6. The van der Waals surface area contributed by atoms with Crippen LogP contribution in [0.4, 0.5) is 4.79 Å². The van der Waals surface area contributed by atoms with Crippen LogP contribution >= 0.6 is 15.2 Å². The first-order valence-corrected chi connectivity index (χ1v) is 30.8. The number of nitrogens with zero attached hydrogens (tertiary/aromatic N) is 1. The predicted molar refractivity (Wildman–Crippen MR) is 291 cm³/mol. The van der Waals surface area contributed by atoms with Crippen LogP contribution in [-0.2, 0) is 61.5 Å². The molecule has 1 unspecified atom stereocenters. The summed E-state index contributed by atoms with van der Waals surface area (Å²) in [7, 11) is -7.27. The van der Waals surface area contributed by atoms with E-state index >= 15 is 0 Å². The number of nitrogens with one attached hydrogen (secondary N) is 1. The lowest BCUT2D eigenvalue weighted by atomic mass is 9.78. The lowest BCUT2D eigenvalue weighted by molar-refractivity contribution is -0.265. The van der Waals surface area contributed by atoms with E-state index < -0.39 is 135 Å². The van der Waals surface area contributed by atoms with E-state index in [0.717, 1.165) is 10.5 Å². The molecule has 15 atom stereocenters. The van der Waals surface area contributed by atoms with Gasteiger partial charge in [0.2, 0.25) is 5.79 Å². The number of ketones is 3. The largest absolute Gasteiger partial charge is 0.460 e. The Morgan fingerprint density at radius 2 is 1.54 bits per heavy atom. The van der Waals surface area contributed by atoms with Crippen molar-refractivity contribution < 1.29 is 101 Å². The first-order valence-electron chi connectivity index (χ1n) is 27.6. The van der Waals surface area contributed by atoms with E-state index in [-0.39, 0.29) is 55.6 Å². The zero-order valence-corrected chi connectivity index (χ0v) is 49.6. The molecule has 1 aliphatic carbocycles.